The molecule has 5 heteroatoms. The van der Waals surface area contributed by atoms with E-state index >= 15 is 0 Å². The number of para-hydroxylation sites is 1. The minimum Gasteiger partial charge on any atom is -0.488 e. The average Bonchev–Trinajstić information content (AvgIpc) is 2.10. The third kappa shape index (κ3) is 3.83. The second-order valence-electron chi connectivity index (χ2n) is 3.08. The summed E-state index contributed by atoms with van der Waals surface area (Å²) in [6, 6.07) is 5.55. The van der Waals surface area contributed by atoms with Crippen LogP contribution in [-0.2, 0) is 4.79 Å². The van der Waals surface area contributed by atoms with E-state index in [1.165, 1.54) is 0 Å². The van der Waals surface area contributed by atoms with Crippen LogP contribution in [0.2, 0.25) is 0 Å². The van der Waals surface area contributed by atoms with Crippen LogP contribution in [0.1, 0.15) is 13.3 Å². The molecule has 0 saturated heterocycles. The van der Waals surface area contributed by atoms with Crippen molar-refractivity contribution >= 4 is 37.8 Å². The Morgan fingerprint density at radius 2 is 2.00 bits per heavy atom. The smallest absolute Gasteiger partial charge is 0.307 e. The second-order valence-corrected chi connectivity index (χ2v) is 4.79. The van der Waals surface area contributed by atoms with E-state index in [1.54, 1.807) is 6.92 Å². The summed E-state index contributed by atoms with van der Waals surface area (Å²) in [4.78, 5) is 10.5. The van der Waals surface area contributed by atoms with Crippen molar-refractivity contribution in [3.8, 4) is 5.75 Å². The van der Waals surface area contributed by atoms with Crippen molar-refractivity contribution < 1.29 is 14.6 Å². The number of benzene rings is 1. The molecular formula is C10H10Br2O3. The summed E-state index contributed by atoms with van der Waals surface area (Å²) >= 11 is 6.68. The highest BCUT2D eigenvalue weighted by atomic mass is 79.9. The standard InChI is InChI=1S/C10H10Br2O3/c1-6(5-9(13)14)15-10-7(11)3-2-4-8(10)12/h2-4,6H,5H2,1H3,(H,13,14)/t6-/m1/s1. The Kier molecular flexibility index (Phi) is 4.60. The number of carboxylic acids is 1. The summed E-state index contributed by atoms with van der Waals surface area (Å²) < 4.78 is 7.11. The van der Waals surface area contributed by atoms with Crippen molar-refractivity contribution in [2.45, 2.75) is 19.4 Å². The van der Waals surface area contributed by atoms with Gasteiger partial charge in [0, 0.05) is 0 Å². The average molecular weight is 338 g/mol. The van der Waals surface area contributed by atoms with Gasteiger partial charge in [0.1, 0.15) is 11.9 Å². The normalized spacial score (nSPS) is 12.2. The molecule has 0 unspecified atom stereocenters. The van der Waals surface area contributed by atoms with Crippen molar-refractivity contribution in [3.63, 3.8) is 0 Å². The fraction of sp³-hybridized carbons (Fsp3) is 0.300. The zero-order valence-corrected chi connectivity index (χ0v) is 11.2. The fourth-order valence-corrected chi connectivity index (χ4v) is 2.27. The molecule has 1 aromatic carbocycles. The van der Waals surface area contributed by atoms with Gasteiger partial charge in [-0.25, -0.2) is 0 Å². The second kappa shape index (κ2) is 5.51. The van der Waals surface area contributed by atoms with E-state index in [0.29, 0.717) is 5.75 Å². The molecule has 1 atom stereocenters. The van der Waals surface area contributed by atoms with Gasteiger partial charge in [0.2, 0.25) is 0 Å². The van der Waals surface area contributed by atoms with Gasteiger partial charge in [-0.1, -0.05) is 6.07 Å². The summed E-state index contributed by atoms with van der Waals surface area (Å²) in [5.74, 6) is -0.239. The van der Waals surface area contributed by atoms with E-state index in [1.807, 2.05) is 18.2 Å². The molecule has 0 aliphatic rings. The van der Waals surface area contributed by atoms with E-state index < -0.39 is 5.97 Å². The summed E-state index contributed by atoms with van der Waals surface area (Å²) in [7, 11) is 0. The Bertz CT molecular complexity index is 345. The van der Waals surface area contributed by atoms with Crippen LogP contribution in [0, 0.1) is 0 Å². The first-order valence-electron chi connectivity index (χ1n) is 4.33. The van der Waals surface area contributed by atoms with Crippen LogP contribution >= 0.6 is 31.9 Å². The van der Waals surface area contributed by atoms with Gasteiger partial charge in [-0.05, 0) is 50.9 Å². The zero-order valence-electron chi connectivity index (χ0n) is 8.04. The highest BCUT2D eigenvalue weighted by Gasteiger charge is 2.13. The quantitative estimate of drug-likeness (QED) is 0.915. The van der Waals surface area contributed by atoms with Crippen molar-refractivity contribution in [3.05, 3.63) is 27.1 Å². The molecule has 0 amide bonds. The van der Waals surface area contributed by atoms with E-state index in [0.717, 1.165) is 8.95 Å². The lowest BCUT2D eigenvalue weighted by atomic mass is 10.3. The van der Waals surface area contributed by atoms with Gasteiger partial charge in [-0.3, -0.25) is 4.79 Å². The summed E-state index contributed by atoms with van der Waals surface area (Å²) in [6.07, 6.45) is -0.383. The molecule has 0 fully saturated rings. The van der Waals surface area contributed by atoms with Crippen molar-refractivity contribution in [1.29, 1.82) is 0 Å². The Morgan fingerprint density at radius 1 is 1.47 bits per heavy atom. The monoisotopic (exact) mass is 336 g/mol. The third-order valence-electron chi connectivity index (χ3n) is 1.70. The van der Waals surface area contributed by atoms with Crippen LogP contribution in [0.4, 0.5) is 0 Å². The van der Waals surface area contributed by atoms with Gasteiger partial charge in [0.25, 0.3) is 0 Å². The fourth-order valence-electron chi connectivity index (χ4n) is 1.08. The van der Waals surface area contributed by atoms with Gasteiger partial charge in [-0.2, -0.15) is 0 Å². The molecule has 0 heterocycles. The summed E-state index contributed by atoms with van der Waals surface area (Å²) in [6.45, 7) is 1.72. The predicted molar refractivity (Wildman–Crippen MR) is 64.2 cm³/mol. The predicted octanol–water partition coefficient (Wildman–Crippen LogP) is 3.45. The molecule has 82 valence electrons. The molecule has 1 N–H and O–H groups in total. The zero-order chi connectivity index (χ0) is 11.4. The van der Waals surface area contributed by atoms with Gasteiger partial charge in [0.05, 0.1) is 15.4 Å². The molecule has 0 radical (unpaired) electrons. The molecule has 15 heavy (non-hydrogen) atoms. The highest BCUT2D eigenvalue weighted by Crippen LogP contribution is 2.33. The minimum absolute atomic E-state index is 0.0201. The van der Waals surface area contributed by atoms with E-state index in [9.17, 15) is 4.79 Å². The van der Waals surface area contributed by atoms with E-state index in [2.05, 4.69) is 31.9 Å². The van der Waals surface area contributed by atoms with Crippen LogP contribution in [0.25, 0.3) is 0 Å². The molecule has 0 aromatic heterocycles. The lowest BCUT2D eigenvalue weighted by molar-refractivity contribution is -0.138. The molecule has 0 saturated carbocycles. The SMILES string of the molecule is C[C@H](CC(=O)O)Oc1c(Br)cccc1Br. The van der Waals surface area contributed by atoms with Crippen LogP contribution in [0.15, 0.2) is 27.1 Å². The van der Waals surface area contributed by atoms with Crippen LogP contribution in [-0.4, -0.2) is 17.2 Å². The minimum atomic E-state index is -0.870. The largest absolute Gasteiger partial charge is 0.488 e. The number of rotatable bonds is 4. The maximum Gasteiger partial charge on any atom is 0.307 e. The van der Waals surface area contributed by atoms with Crippen LogP contribution in [0.5, 0.6) is 5.75 Å². The number of carboxylic acid groups (broad SMARTS) is 1. The van der Waals surface area contributed by atoms with Gasteiger partial charge >= 0.3 is 5.97 Å². The Labute approximate surface area is 105 Å². The molecule has 0 bridgehead atoms. The van der Waals surface area contributed by atoms with Gasteiger partial charge in [-0.15, -0.1) is 0 Å². The first kappa shape index (κ1) is 12.5. The first-order valence-corrected chi connectivity index (χ1v) is 5.91. The van der Waals surface area contributed by atoms with Crippen molar-refractivity contribution in [1.82, 2.24) is 0 Å². The maximum atomic E-state index is 10.5. The number of halogens is 2. The number of hydrogen-bond donors (Lipinski definition) is 1. The number of carbonyl (C=O) groups is 1. The maximum absolute atomic E-state index is 10.5. The van der Waals surface area contributed by atoms with Gasteiger partial charge < -0.3 is 9.84 Å². The summed E-state index contributed by atoms with van der Waals surface area (Å²) in [5, 5.41) is 8.60. The number of ether oxygens (including phenoxy) is 1. The van der Waals surface area contributed by atoms with Crippen LogP contribution in [0.3, 0.4) is 0 Å². The Hall–Kier alpha value is -0.550. The Balaban J connectivity index is 2.76. The number of hydrogen-bond acceptors (Lipinski definition) is 2. The van der Waals surface area contributed by atoms with Crippen LogP contribution < -0.4 is 4.74 Å². The number of aliphatic carboxylic acids is 1. The lowest BCUT2D eigenvalue weighted by Crippen LogP contribution is -2.17. The molecular weight excluding hydrogens is 328 g/mol. The molecule has 3 nitrogen and oxygen atoms in total. The molecule has 0 spiro atoms. The first-order chi connectivity index (χ1) is 7.00. The summed E-state index contributed by atoms with van der Waals surface area (Å²) in [5.41, 5.74) is 0. The van der Waals surface area contributed by atoms with E-state index in [-0.39, 0.29) is 12.5 Å². The topological polar surface area (TPSA) is 46.5 Å². The molecule has 0 aliphatic carbocycles. The van der Waals surface area contributed by atoms with E-state index in [4.69, 9.17) is 9.84 Å². The molecule has 1 aromatic rings. The van der Waals surface area contributed by atoms with Crippen molar-refractivity contribution in [2.24, 2.45) is 0 Å². The molecule has 0 aliphatic heterocycles. The lowest BCUT2D eigenvalue weighted by Gasteiger charge is -2.15. The Morgan fingerprint density at radius 3 is 2.47 bits per heavy atom. The van der Waals surface area contributed by atoms with Crippen molar-refractivity contribution in [2.75, 3.05) is 0 Å². The third-order valence-corrected chi connectivity index (χ3v) is 2.95. The molecule has 1 rings (SSSR count). The highest BCUT2D eigenvalue weighted by molar-refractivity contribution is 9.11. The van der Waals surface area contributed by atoms with Gasteiger partial charge in [0.15, 0.2) is 0 Å².